The maximum absolute atomic E-state index is 6.01. The quantitative estimate of drug-likeness (QED) is 0.895. The second kappa shape index (κ2) is 6.24. The van der Waals surface area contributed by atoms with Gasteiger partial charge in [0, 0.05) is 19.1 Å². The highest BCUT2D eigenvalue weighted by atomic mass is 35.5. The lowest BCUT2D eigenvalue weighted by Gasteiger charge is -2.30. The SMILES string of the molecule is NC1CCCN(CCOc2ccccc2Cl)C1. The number of benzene rings is 1. The number of hydrogen-bond acceptors (Lipinski definition) is 3. The molecule has 1 atom stereocenters. The summed E-state index contributed by atoms with van der Waals surface area (Å²) in [6, 6.07) is 7.89. The van der Waals surface area contributed by atoms with Crippen molar-refractivity contribution in [1.29, 1.82) is 0 Å². The van der Waals surface area contributed by atoms with Crippen LogP contribution in [0.2, 0.25) is 5.02 Å². The van der Waals surface area contributed by atoms with E-state index in [0.29, 0.717) is 17.7 Å². The summed E-state index contributed by atoms with van der Waals surface area (Å²) in [5, 5.41) is 0.669. The molecule has 0 spiro atoms. The molecule has 0 saturated carbocycles. The summed E-state index contributed by atoms with van der Waals surface area (Å²) in [5.74, 6) is 0.760. The fourth-order valence-corrected chi connectivity index (χ4v) is 2.33. The maximum Gasteiger partial charge on any atom is 0.137 e. The highest BCUT2D eigenvalue weighted by molar-refractivity contribution is 6.32. The number of likely N-dealkylation sites (tertiary alicyclic amines) is 1. The first-order valence-corrected chi connectivity index (χ1v) is 6.49. The van der Waals surface area contributed by atoms with Gasteiger partial charge in [-0.2, -0.15) is 0 Å². The van der Waals surface area contributed by atoms with E-state index in [1.54, 1.807) is 0 Å². The van der Waals surface area contributed by atoms with Crippen LogP contribution in [0.15, 0.2) is 24.3 Å². The maximum atomic E-state index is 6.01. The molecule has 1 aromatic rings. The molecule has 1 heterocycles. The van der Waals surface area contributed by atoms with E-state index in [4.69, 9.17) is 22.1 Å². The molecular weight excluding hydrogens is 236 g/mol. The van der Waals surface area contributed by atoms with Gasteiger partial charge in [0.25, 0.3) is 0 Å². The van der Waals surface area contributed by atoms with Gasteiger partial charge in [0.05, 0.1) is 5.02 Å². The molecule has 0 radical (unpaired) electrons. The lowest BCUT2D eigenvalue weighted by Crippen LogP contribution is -2.44. The first-order valence-electron chi connectivity index (χ1n) is 6.11. The Balaban J connectivity index is 1.74. The third kappa shape index (κ3) is 3.87. The fraction of sp³-hybridized carbons (Fsp3) is 0.538. The summed E-state index contributed by atoms with van der Waals surface area (Å²) in [5.41, 5.74) is 5.93. The zero-order valence-corrected chi connectivity index (χ0v) is 10.7. The summed E-state index contributed by atoms with van der Waals surface area (Å²) in [6.45, 7) is 3.68. The first-order chi connectivity index (χ1) is 8.25. The largest absolute Gasteiger partial charge is 0.491 e. The number of rotatable bonds is 4. The molecule has 0 aliphatic carbocycles. The predicted molar refractivity (Wildman–Crippen MR) is 70.6 cm³/mol. The van der Waals surface area contributed by atoms with E-state index in [1.165, 1.54) is 6.42 Å². The van der Waals surface area contributed by atoms with Gasteiger partial charge >= 0.3 is 0 Å². The highest BCUT2D eigenvalue weighted by Crippen LogP contribution is 2.22. The van der Waals surface area contributed by atoms with E-state index in [9.17, 15) is 0 Å². The average molecular weight is 255 g/mol. The summed E-state index contributed by atoms with van der Waals surface area (Å²) in [7, 11) is 0. The van der Waals surface area contributed by atoms with Crippen LogP contribution in [0.5, 0.6) is 5.75 Å². The molecule has 1 fully saturated rings. The van der Waals surface area contributed by atoms with Crippen molar-refractivity contribution in [3.05, 3.63) is 29.3 Å². The van der Waals surface area contributed by atoms with Crippen molar-refractivity contribution in [1.82, 2.24) is 4.90 Å². The molecule has 2 rings (SSSR count). The van der Waals surface area contributed by atoms with Crippen LogP contribution in [-0.4, -0.2) is 37.2 Å². The molecule has 1 saturated heterocycles. The molecule has 4 heteroatoms. The Kier molecular flexibility index (Phi) is 4.66. The number of para-hydroxylation sites is 1. The van der Waals surface area contributed by atoms with Crippen LogP contribution in [0.1, 0.15) is 12.8 Å². The zero-order chi connectivity index (χ0) is 12.1. The zero-order valence-electron chi connectivity index (χ0n) is 9.94. The monoisotopic (exact) mass is 254 g/mol. The minimum atomic E-state index is 0.323. The van der Waals surface area contributed by atoms with Gasteiger partial charge in [-0.15, -0.1) is 0 Å². The third-order valence-corrected chi connectivity index (χ3v) is 3.36. The van der Waals surface area contributed by atoms with E-state index in [2.05, 4.69) is 4.90 Å². The van der Waals surface area contributed by atoms with Gasteiger partial charge in [-0.05, 0) is 31.5 Å². The average Bonchev–Trinajstić information content (AvgIpc) is 2.32. The second-order valence-corrected chi connectivity index (χ2v) is 4.89. The molecule has 17 heavy (non-hydrogen) atoms. The summed E-state index contributed by atoms with van der Waals surface area (Å²) >= 11 is 6.01. The standard InChI is InChI=1S/C13H19ClN2O/c14-12-5-1-2-6-13(12)17-9-8-16-7-3-4-11(15)10-16/h1-2,5-6,11H,3-4,7-10,15H2. The van der Waals surface area contributed by atoms with Gasteiger partial charge in [-0.25, -0.2) is 0 Å². The smallest absolute Gasteiger partial charge is 0.137 e. The van der Waals surface area contributed by atoms with Gasteiger partial charge < -0.3 is 10.5 Å². The third-order valence-electron chi connectivity index (χ3n) is 3.04. The van der Waals surface area contributed by atoms with Gasteiger partial charge in [-0.3, -0.25) is 4.90 Å². The molecular formula is C13H19ClN2O. The Morgan fingerprint density at radius 1 is 1.41 bits per heavy atom. The summed E-state index contributed by atoms with van der Waals surface area (Å²) in [4.78, 5) is 2.35. The molecule has 1 aliphatic heterocycles. The number of halogens is 1. The van der Waals surface area contributed by atoms with E-state index >= 15 is 0 Å². The predicted octanol–water partition coefficient (Wildman–Crippen LogP) is 2.14. The number of piperidine rings is 1. The molecule has 94 valence electrons. The van der Waals surface area contributed by atoms with Crippen molar-refractivity contribution in [2.24, 2.45) is 5.73 Å². The second-order valence-electron chi connectivity index (χ2n) is 4.48. The molecule has 2 N–H and O–H groups in total. The van der Waals surface area contributed by atoms with E-state index in [1.807, 2.05) is 24.3 Å². The number of hydrogen-bond donors (Lipinski definition) is 1. The first kappa shape index (κ1) is 12.7. The Bertz CT molecular complexity index is 359. The molecule has 0 bridgehead atoms. The minimum absolute atomic E-state index is 0.323. The van der Waals surface area contributed by atoms with Crippen molar-refractivity contribution in [3.63, 3.8) is 0 Å². The van der Waals surface area contributed by atoms with Crippen LogP contribution in [-0.2, 0) is 0 Å². The highest BCUT2D eigenvalue weighted by Gasteiger charge is 2.16. The van der Waals surface area contributed by atoms with Gasteiger partial charge in [-0.1, -0.05) is 23.7 Å². The van der Waals surface area contributed by atoms with Crippen molar-refractivity contribution < 1.29 is 4.74 Å². The Hall–Kier alpha value is -0.770. The van der Waals surface area contributed by atoms with Crippen LogP contribution in [0.3, 0.4) is 0 Å². The van der Waals surface area contributed by atoms with Crippen molar-refractivity contribution >= 4 is 11.6 Å². The Morgan fingerprint density at radius 3 is 3.00 bits per heavy atom. The normalized spacial score (nSPS) is 21.4. The fourth-order valence-electron chi connectivity index (χ4n) is 2.14. The molecule has 1 aliphatic rings. The van der Waals surface area contributed by atoms with Crippen LogP contribution >= 0.6 is 11.6 Å². The van der Waals surface area contributed by atoms with E-state index < -0.39 is 0 Å². The summed E-state index contributed by atoms with van der Waals surface area (Å²) < 4.78 is 5.66. The van der Waals surface area contributed by atoms with Gasteiger partial charge in [0.2, 0.25) is 0 Å². The van der Waals surface area contributed by atoms with Crippen LogP contribution in [0.4, 0.5) is 0 Å². The molecule has 1 unspecified atom stereocenters. The van der Waals surface area contributed by atoms with Crippen LogP contribution < -0.4 is 10.5 Å². The number of ether oxygens (including phenoxy) is 1. The van der Waals surface area contributed by atoms with Crippen LogP contribution in [0, 0.1) is 0 Å². The Morgan fingerprint density at radius 2 is 2.24 bits per heavy atom. The minimum Gasteiger partial charge on any atom is -0.491 e. The van der Waals surface area contributed by atoms with Crippen molar-refractivity contribution in [2.45, 2.75) is 18.9 Å². The number of nitrogens with two attached hydrogens (primary N) is 1. The van der Waals surface area contributed by atoms with Crippen molar-refractivity contribution in [2.75, 3.05) is 26.2 Å². The lowest BCUT2D eigenvalue weighted by molar-refractivity contribution is 0.171. The van der Waals surface area contributed by atoms with Gasteiger partial charge in [0.1, 0.15) is 12.4 Å². The lowest BCUT2D eigenvalue weighted by atomic mass is 10.1. The van der Waals surface area contributed by atoms with E-state index in [0.717, 1.165) is 31.8 Å². The van der Waals surface area contributed by atoms with Crippen molar-refractivity contribution in [3.8, 4) is 5.75 Å². The molecule has 3 nitrogen and oxygen atoms in total. The summed E-state index contributed by atoms with van der Waals surface area (Å²) in [6.07, 6.45) is 2.33. The Labute approximate surface area is 107 Å². The van der Waals surface area contributed by atoms with Gasteiger partial charge in [0.15, 0.2) is 0 Å². The molecule has 1 aromatic carbocycles. The van der Waals surface area contributed by atoms with Crippen LogP contribution in [0.25, 0.3) is 0 Å². The number of nitrogens with zero attached hydrogens (tertiary/aromatic N) is 1. The molecule has 0 amide bonds. The topological polar surface area (TPSA) is 38.5 Å². The van der Waals surface area contributed by atoms with E-state index in [-0.39, 0.29) is 0 Å². The molecule has 0 aromatic heterocycles.